The Morgan fingerprint density at radius 3 is 1.93 bits per heavy atom. The van der Waals surface area contributed by atoms with E-state index in [1.165, 1.54) is 27.9 Å². The lowest BCUT2D eigenvalue weighted by molar-refractivity contribution is -0.660. The molecule has 0 aliphatic carbocycles. The fraction of sp³-hybridized carbons (Fsp3) is 0.0385. The number of aryl methyl sites for hydroxylation is 1. The van der Waals surface area contributed by atoms with Crippen LogP contribution in [0.1, 0.15) is 11.1 Å². The highest BCUT2D eigenvalue weighted by atomic mass is 35.5. The number of halogens is 1. The van der Waals surface area contributed by atoms with E-state index >= 15 is 0 Å². The van der Waals surface area contributed by atoms with Gasteiger partial charge in [-0.15, -0.1) is 0 Å². The van der Waals surface area contributed by atoms with Crippen molar-refractivity contribution in [2.75, 3.05) is 0 Å². The van der Waals surface area contributed by atoms with Gasteiger partial charge in [0.1, 0.15) is 7.05 Å². The number of pyridine rings is 1. The molecule has 136 valence electrons. The first-order chi connectivity index (χ1) is 13.7. The molecule has 0 saturated carbocycles. The number of hydrogen-bond acceptors (Lipinski definition) is 0. The lowest BCUT2D eigenvalue weighted by Gasteiger charge is -2.08. The van der Waals surface area contributed by atoms with Crippen LogP contribution in [0.3, 0.4) is 0 Å². The third kappa shape index (κ3) is 4.05. The number of benzene rings is 3. The van der Waals surface area contributed by atoms with Gasteiger partial charge in [-0.05, 0) is 47.5 Å². The van der Waals surface area contributed by atoms with Crippen molar-refractivity contribution in [3.63, 3.8) is 0 Å². The summed E-state index contributed by atoms with van der Waals surface area (Å²) in [5, 5.41) is 0.750. The molecular formula is C26H21ClN+. The van der Waals surface area contributed by atoms with Crippen molar-refractivity contribution >= 4 is 23.8 Å². The highest BCUT2D eigenvalue weighted by molar-refractivity contribution is 6.30. The van der Waals surface area contributed by atoms with Gasteiger partial charge in [0.2, 0.25) is 5.69 Å². The molecule has 1 nitrogen and oxygen atoms in total. The fourth-order valence-corrected chi connectivity index (χ4v) is 3.52. The maximum atomic E-state index is 6.02. The molecule has 1 heterocycles. The van der Waals surface area contributed by atoms with Crippen LogP contribution >= 0.6 is 11.6 Å². The van der Waals surface area contributed by atoms with Gasteiger partial charge in [-0.2, -0.15) is 4.57 Å². The zero-order chi connectivity index (χ0) is 19.3. The Hall–Kier alpha value is -3.16. The van der Waals surface area contributed by atoms with Crippen LogP contribution in [-0.2, 0) is 7.05 Å². The Kier molecular flexibility index (Phi) is 5.36. The molecule has 0 aliphatic rings. The predicted octanol–water partition coefficient (Wildman–Crippen LogP) is 6.67. The van der Waals surface area contributed by atoms with Crippen LogP contribution in [0.25, 0.3) is 34.5 Å². The Labute approximate surface area is 171 Å². The number of nitrogens with zero attached hydrogens (tertiary/aromatic N) is 1. The van der Waals surface area contributed by atoms with Crippen molar-refractivity contribution in [2.24, 2.45) is 7.05 Å². The summed E-state index contributed by atoms with van der Waals surface area (Å²) in [5.74, 6) is 0. The molecule has 0 bridgehead atoms. The van der Waals surface area contributed by atoms with Crippen LogP contribution in [0.4, 0.5) is 0 Å². The molecule has 0 aliphatic heterocycles. The van der Waals surface area contributed by atoms with Crippen LogP contribution < -0.4 is 4.57 Å². The average molecular weight is 383 g/mol. The maximum absolute atomic E-state index is 6.02. The van der Waals surface area contributed by atoms with E-state index in [2.05, 4.69) is 84.6 Å². The molecule has 0 radical (unpaired) electrons. The monoisotopic (exact) mass is 382 g/mol. The first kappa shape index (κ1) is 18.2. The minimum absolute atomic E-state index is 0.750. The van der Waals surface area contributed by atoms with E-state index in [-0.39, 0.29) is 0 Å². The summed E-state index contributed by atoms with van der Waals surface area (Å²) in [7, 11) is 2.11. The molecule has 2 heteroatoms. The molecular weight excluding hydrogens is 362 g/mol. The quantitative estimate of drug-likeness (QED) is 0.347. The maximum Gasteiger partial charge on any atom is 0.219 e. The summed E-state index contributed by atoms with van der Waals surface area (Å²) >= 11 is 6.02. The molecule has 0 amide bonds. The van der Waals surface area contributed by atoms with Gasteiger partial charge in [-0.25, -0.2) is 0 Å². The summed E-state index contributed by atoms with van der Waals surface area (Å²) in [6.45, 7) is 0. The molecule has 4 aromatic rings. The molecule has 0 N–H and O–H groups in total. The van der Waals surface area contributed by atoms with Crippen molar-refractivity contribution in [1.82, 2.24) is 0 Å². The van der Waals surface area contributed by atoms with E-state index in [0.29, 0.717) is 0 Å². The van der Waals surface area contributed by atoms with E-state index in [1.54, 1.807) is 0 Å². The first-order valence-electron chi connectivity index (χ1n) is 9.29. The van der Waals surface area contributed by atoms with Gasteiger partial charge in [0.15, 0.2) is 6.20 Å². The highest BCUT2D eigenvalue weighted by Gasteiger charge is 2.17. The second kappa shape index (κ2) is 8.24. The summed E-state index contributed by atoms with van der Waals surface area (Å²) in [5.41, 5.74) is 7.07. The zero-order valence-corrected chi connectivity index (χ0v) is 16.5. The molecule has 28 heavy (non-hydrogen) atoms. The minimum atomic E-state index is 0.750. The first-order valence-corrected chi connectivity index (χ1v) is 9.67. The summed E-state index contributed by atoms with van der Waals surface area (Å²) < 4.78 is 2.21. The van der Waals surface area contributed by atoms with E-state index in [4.69, 9.17) is 11.6 Å². The topological polar surface area (TPSA) is 3.88 Å². The van der Waals surface area contributed by atoms with Crippen LogP contribution in [0, 0.1) is 0 Å². The largest absolute Gasteiger partial charge is 0.219 e. The van der Waals surface area contributed by atoms with Crippen LogP contribution in [0.15, 0.2) is 97.2 Å². The standard InChI is InChI=1S/C26H21ClN/c1-28-19-24(21-8-4-2-5-9-21)18-23(26(28)22-10-6-3-7-11-22)15-12-20-13-16-25(27)17-14-20/h2-19H,1H3/q+1/b15-12+. The number of hydrogen-bond donors (Lipinski definition) is 0. The second-order valence-corrected chi connectivity index (χ2v) is 7.20. The Morgan fingerprint density at radius 1 is 0.679 bits per heavy atom. The van der Waals surface area contributed by atoms with Gasteiger partial charge < -0.3 is 0 Å². The molecule has 4 rings (SSSR count). The highest BCUT2D eigenvalue weighted by Crippen LogP contribution is 2.27. The van der Waals surface area contributed by atoms with Gasteiger partial charge in [-0.3, -0.25) is 0 Å². The molecule has 0 unspecified atom stereocenters. The molecule has 0 atom stereocenters. The van der Waals surface area contributed by atoms with E-state index < -0.39 is 0 Å². The van der Waals surface area contributed by atoms with E-state index in [9.17, 15) is 0 Å². The van der Waals surface area contributed by atoms with E-state index in [0.717, 1.165) is 10.6 Å². The van der Waals surface area contributed by atoms with Crippen LogP contribution in [-0.4, -0.2) is 0 Å². The zero-order valence-electron chi connectivity index (χ0n) is 15.7. The molecule has 0 fully saturated rings. The second-order valence-electron chi connectivity index (χ2n) is 6.76. The van der Waals surface area contributed by atoms with Crippen molar-refractivity contribution in [3.05, 3.63) is 113 Å². The lowest BCUT2D eigenvalue weighted by Crippen LogP contribution is -2.31. The van der Waals surface area contributed by atoms with Crippen molar-refractivity contribution in [2.45, 2.75) is 0 Å². The molecule has 1 aromatic heterocycles. The third-order valence-electron chi connectivity index (χ3n) is 4.75. The Balaban J connectivity index is 1.85. The smallest absolute Gasteiger partial charge is 0.200 e. The van der Waals surface area contributed by atoms with Gasteiger partial charge >= 0.3 is 0 Å². The summed E-state index contributed by atoms with van der Waals surface area (Å²) in [6, 6.07) is 31.1. The van der Waals surface area contributed by atoms with Crippen LogP contribution in [0.5, 0.6) is 0 Å². The molecule has 0 saturated heterocycles. The minimum Gasteiger partial charge on any atom is -0.200 e. The third-order valence-corrected chi connectivity index (χ3v) is 5.00. The Bertz CT molecular complexity index is 1100. The fourth-order valence-electron chi connectivity index (χ4n) is 3.39. The van der Waals surface area contributed by atoms with Crippen LogP contribution in [0.2, 0.25) is 5.02 Å². The van der Waals surface area contributed by atoms with Gasteiger partial charge in [0.25, 0.3) is 0 Å². The normalized spacial score (nSPS) is 11.1. The number of aromatic nitrogens is 1. The van der Waals surface area contributed by atoms with Gasteiger partial charge in [-0.1, -0.05) is 78.3 Å². The Morgan fingerprint density at radius 2 is 1.29 bits per heavy atom. The van der Waals surface area contributed by atoms with Gasteiger partial charge in [0.05, 0.1) is 0 Å². The van der Waals surface area contributed by atoms with E-state index in [1.807, 2.05) is 36.4 Å². The van der Waals surface area contributed by atoms with Gasteiger partial charge in [0, 0.05) is 21.7 Å². The summed E-state index contributed by atoms with van der Waals surface area (Å²) in [4.78, 5) is 0. The lowest BCUT2D eigenvalue weighted by atomic mass is 9.99. The summed E-state index contributed by atoms with van der Waals surface area (Å²) in [6.07, 6.45) is 6.50. The molecule has 3 aromatic carbocycles. The van der Waals surface area contributed by atoms with Crippen molar-refractivity contribution in [1.29, 1.82) is 0 Å². The number of rotatable bonds is 4. The van der Waals surface area contributed by atoms with Crippen molar-refractivity contribution in [3.8, 4) is 22.4 Å². The molecule has 0 spiro atoms. The average Bonchev–Trinajstić information content (AvgIpc) is 2.74. The predicted molar refractivity (Wildman–Crippen MR) is 119 cm³/mol. The van der Waals surface area contributed by atoms with Crippen molar-refractivity contribution < 1.29 is 4.57 Å². The SMILES string of the molecule is C[n+]1cc(-c2ccccc2)cc(/C=C/c2ccc(Cl)cc2)c1-c1ccccc1.